The third-order valence-corrected chi connectivity index (χ3v) is 8.81. The third-order valence-electron chi connectivity index (χ3n) is 6.95. The maximum absolute atomic E-state index is 14.0. The number of sulfonamides is 1. The Bertz CT molecular complexity index is 1320. The molecule has 4 rings (SSSR count). The second-order valence-corrected chi connectivity index (χ2v) is 11.2. The highest BCUT2D eigenvalue weighted by atomic mass is 32.2. The molecule has 0 unspecified atom stereocenters. The fraction of sp³-hybridized carbons (Fsp3) is 0.500. The number of H-pyrrole nitrogens is 1. The minimum absolute atomic E-state index is 0.167. The van der Waals surface area contributed by atoms with Gasteiger partial charge in [0.2, 0.25) is 0 Å². The molecular weight excluding hydrogens is 450 g/mol. The Morgan fingerprint density at radius 3 is 2.44 bits per heavy atom. The summed E-state index contributed by atoms with van der Waals surface area (Å²) in [5.41, 5.74) is 3.78. The zero-order valence-corrected chi connectivity index (χ0v) is 21.3. The largest absolute Gasteiger partial charge is 0.381 e. The number of aromatic amines is 1. The topological polar surface area (TPSA) is 84.4 Å². The van der Waals surface area contributed by atoms with Crippen molar-refractivity contribution in [1.82, 2.24) is 9.55 Å². The summed E-state index contributed by atoms with van der Waals surface area (Å²) in [4.78, 5) is 15.8. The quantitative estimate of drug-likeness (QED) is 0.499. The summed E-state index contributed by atoms with van der Waals surface area (Å²) in [6.07, 6.45) is 3.24. The maximum Gasteiger partial charge on any atom is 0.326 e. The number of ether oxygens (including phenoxy) is 1. The number of imidazole rings is 1. The normalized spacial score (nSPS) is 15.3. The fourth-order valence-corrected chi connectivity index (χ4v) is 6.87. The van der Waals surface area contributed by atoms with E-state index in [-0.39, 0.29) is 16.6 Å². The standard InChI is InChI=1S/C26H35N3O4S/c1-5-21(6-2)29(24-9-7-18(3)15-19(24)4)34(31,32)22-8-10-25-23(16-22)27-26(30)28(25)17-20-11-13-33-14-12-20/h7-10,15-16,20-21H,5-6,11-14,17H2,1-4H3,(H,27,30). The van der Waals surface area contributed by atoms with Gasteiger partial charge in [-0.15, -0.1) is 0 Å². The van der Waals surface area contributed by atoms with Crippen LogP contribution in [0.3, 0.4) is 0 Å². The van der Waals surface area contributed by atoms with E-state index in [2.05, 4.69) is 4.98 Å². The highest BCUT2D eigenvalue weighted by molar-refractivity contribution is 7.92. The van der Waals surface area contributed by atoms with Gasteiger partial charge in [0.15, 0.2) is 0 Å². The van der Waals surface area contributed by atoms with Crippen molar-refractivity contribution in [3.63, 3.8) is 0 Å². The lowest BCUT2D eigenvalue weighted by atomic mass is 10.0. The van der Waals surface area contributed by atoms with Crippen LogP contribution in [0, 0.1) is 19.8 Å². The molecule has 0 amide bonds. The van der Waals surface area contributed by atoms with E-state index in [1.54, 1.807) is 27.1 Å². The minimum Gasteiger partial charge on any atom is -0.381 e. The monoisotopic (exact) mass is 485 g/mol. The molecule has 3 aromatic rings. The molecule has 1 aliphatic heterocycles. The van der Waals surface area contributed by atoms with Gasteiger partial charge in [0.1, 0.15) is 0 Å². The Balaban J connectivity index is 1.76. The van der Waals surface area contributed by atoms with Crippen LogP contribution in [0.25, 0.3) is 11.0 Å². The second kappa shape index (κ2) is 9.96. The molecule has 1 N–H and O–H groups in total. The average molecular weight is 486 g/mol. The van der Waals surface area contributed by atoms with Crippen molar-refractivity contribution in [2.45, 2.75) is 70.9 Å². The lowest BCUT2D eigenvalue weighted by Crippen LogP contribution is -2.40. The van der Waals surface area contributed by atoms with Gasteiger partial charge in [-0.05, 0) is 75.3 Å². The van der Waals surface area contributed by atoms with Crippen molar-refractivity contribution in [2.24, 2.45) is 5.92 Å². The van der Waals surface area contributed by atoms with E-state index in [4.69, 9.17) is 4.74 Å². The Morgan fingerprint density at radius 2 is 1.79 bits per heavy atom. The van der Waals surface area contributed by atoms with Crippen molar-refractivity contribution in [3.8, 4) is 0 Å². The van der Waals surface area contributed by atoms with E-state index in [0.29, 0.717) is 49.7 Å². The SMILES string of the molecule is CCC(CC)N(c1ccc(C)cc1C)S(=O)(=O)c1ccc2c(c1)[nH]c(=O)n2CC1CCOCC1. The van der Waals surface area contributed by atoms with Gasteiger partial charge in [-0.1, -0.05) is 31.5 Å². The molecule has 1 aromatic heterocycles. The maximum atomic E-state index is 14.0. The van der Waals surface area contributed by atoms with Crippen LogP contribution in [0.1, 0.15) is 50.7 Å². The number of nitrogens with one attached hydrogen (secondary N) is 1. The molecule has 2 aromatic carbocycles. The van der Waals surface area contributed by atoms with Crippen LogP contribution in [-0.2, 0) is 21.3 Å². The van der Waals surface area contributed by atoms with E-state index in [9.17, 15) is 13.2 Å². The van der Waals surface area contributed by atoms with Crippen LogP contribution < -0.4 is 9.99 Å². The van der Waals surface area contributed by atoms with Gasteiger partial charge < -0.3 is 9.72 Å². The number of fused-ring (bicyclic) bond motifs is 1. The molecule has 0 spiro atoms. The van der Waals surface area contributed by atoms with Crippen LogP contribution in [0.2, 0.25) is 0 Å². The zero-order chi connectivity index (χ0) is 24.5. The van der Waals surface area contributed by atoms with Gasteiger partial charge in [-0.25, -0.2) is 13.2 Å². The van der Waals surface area contributed by atoms with Gasteiger partial charge >= 0.3 is 5.69 Å². The summed E-state index contributed by atoms with van der Waals surface area (Å²) in [5.74, 6) is 0.378. The van der Waals surface area contributed by atoms with E-state index < -0.39 is 10.0 Å². The predicted octanol–water partition coefficient (Wildman–Crippen LogP) is 4.76. The van der Waals surface area contributed by atoms with E-state index in [1.807, 2.05) is 45.9 Å². The minimum atomic E-state index is -3.85. The highest BCUT2D eigenvalue weighted by Crippen LogP contribution is 2.32. The summed E-state index contributed by atoms with van der Waals surface area (Å²) in [6.45, 7) is 10.0. The van der Waals surface area contributed by atoms with Crippen LogP contribution in [0.4, 0.5) is 5.69 Å². The van der Waals surface area contributed by atoms with E-state index in [1.165, 1.54) is 0 Å². The van der Waals surface area contributed by atoms with Gasteiger partial charge in [0, 0.05) is 25.8 Å². The first-order valence-electron chi connectivity index (χ1n) is 12.2. The Hall–Kier alpha value is -2.58. The van der Waals surface area contributed by atoms with Crippen molar-refractivity contribution in [1.29, 1.82) is 0 Å². The van der Waals surface area contributed by atoms with Crippen molar-refractivity contribution < 1.29 is 13.2 Å². The van der Waals surface area contributed by atoms with E-state index >= 15 is 0 Å². The Labute approximate surface area is 201 Å². The van der Waals surface area contributed by atoms with Crippen LogP contribution >= 0.6 is 0 Å². The number of hydrogen-bond acceptors (Lipinski definition) is 4. The lowest BCUT2D eigenvalue weighted by Gasteiger charge is -2.33. The molecule has 0 aliphatic carbocycles. The molecule has 7 nitrogen and oxygen atoms in total. The molecule has 2 heterocycles. The number of nitrogens with zero attached hydrogens (tertiary/aromatic N) is 2. The number of rotatable bonds is 8. The number of aryl methyl sites for hydroxylation is 2. The summed E-state index contributed by atoms with van der Waals surface area (Å²) in [5, 5.41) is 0. The molecule has 0 saturated carbocycles. The molecule has 184 valence electrons. The summed E-state index contributed by atoms with van der Waals surface area (Å²) < 4.78 is 36.7. The zero-order valence-electron chi connectivity index (χ0n) is 20.5. The molecule has 34 heavy (non-hydrogen) atoms. The molecule has 0 atom stereocenters. The smallest absolute Gasteiger partial charge is 0.326 e. The predicted molar refractivity (Wildman–Crippen MR) is 136 cm³/mol. The first-order valence-corrected chi connectivity index (χ1v) is 13.6. The van der Waals surface area contributed by atoms with Crippen molar-refractivity contribution in [3.05, 3.63) is 58.0 Å². The summed E-state index contributed by atoms with van der Waals surface area (Å²) >= 11 is 0. The molecule has 8 heteroatoms. The molecular formula is C26H35N3O4S. The molecule has 1 fully saturated rings. The summed E-state index contributed by atoms with van der Waals surface area (Å²) in [7, 11) is -3.85. The number of aromatic nitrogens is 2. The summed E-state index contributed by atoms with van der Waals surface area (Å²) in [6, 6.07) is 10.7. The number of benzene rings is 2. The first-order chi connectivity index (χ1) is 16.3. The number of anilines is 1. The first kappa shape index (κ1) is 24.5. The third kappa shape index (κ3) is 4.66. The van der Waals surface area contributed by atoms with Gasteiger partial charge in [0.25, 0.3) is 10.0 Å². The van der Waals surface area contributed by atoms with E-state index in [0.717, 1.165) is 29.5 Å². The van der Waals surface area contributed by atoms with Gasteiger partial charge in [-0.2, -0.15) is 0 Å². The van der Waals surface area contributed by atoms with Crippen LogP contribution in [0.5, 0.6) is 0 Å². The fourth-order valence-electron chi connectivity index (χ4n) is 4.98. The number of hydrogen-bond donors (Lipinski definition) is 1. The Kier molecular flexibility index (Phi) is 7.19. The Morgan fingerprint density at radius 1 is 1.09 bits per heavy atom. The van der Waals surface area contributed by atoms with Crippen LogP contribution in [-0.4, -0.2) is 37.2 Å². The molecule has 0 bridgehead atoms. The van der Waals surface area contributed by atoms with Gasteiger partial charge in [-0.3, -0.25) is 8.87 Å². The average Bonchev–Trinajstić information content (AvgIpc) is 3.13. The molecule has 1 saturated heterocycles. The van der Waals surface area contributed by atoms with Gasteiger partial charge in [0.05, 0.1) is 21.6 Å². The highest BCUT2D eigenvalue weighted by Gasteiger charge is 2.31. The lowest BCUT2D eigenvalue weighted by molar-refractivity contribution is 0.0613. The molecule has 1 aliphatic rings. The van der Waals surface area contributed by atoms with Crippen molar-refractivity contribution in [2.75, 3.05) is 17.5 Å². The second-order valence-electron chi connectivity index (χ2n) is 9.34. The van der Waals surface area contributed by atoms with Crippen LogP contribution in [0.15, 0.2) is 46.1 Å². The van der Waals surface area contributed by atoms with Crippen molar-refractivity contribution >= 4 is 26.7 Å². The molecule has 0 radical (unpaired) electrons.